The monoisotopic (exact) mass is 669 g/mol. The lowest BCUT2D eigenvalue weighted by Gasteiger charge is -2.31. The number of rotatable bonds is 15. The van der Waals surface area contributed by atoms with Crippen molar-refractivity contribution in [1.29, 1.82) is 0 Å². The van der Waals surface area contributed by atoms with Gasteiger partial charge in [0.05, 0.1) is 22.6 Å². The van der Waals surface area contributed by atoms with E-state index in [0.717, 1.165) is 36.3 Å². The molecule has 1 unspecified atom stereocenters. The Morgan fingerprint density at radius 3 is 2.23 bits per heavy atom. The SMILES string of the molecule is CCCCCC(N)(CCOc1ccc(Oc2c(-c3ccc(S(C)(=O)=O)cc3)c(O)cc3ccccc23)cc1)Oc1cccc(C(=O)O)c1. The highest BCUT2D eigenvalue weighted by Crippen LogP contribution is 2.45. The molecule has 0 spiro atoms. The fraction of sp³-hybridized carbons (Fsp3) is 0.237. The van der Waals surface area contributed by atoms with Crippen molar-refractivity contribution in [3.63, 3.8) is 0 Å². The van der Waals surface area contributed by atoms with Crippen molar-refractivity contribution in [1.82, 2.24) is 0 Å². The fourth-order valence-electron chi connectivity index (χ4n) is 5.45. The normalized spacial score (nSPS) is 12.7. The zero-order chi connectivity index (χ0) is 34.3. The van der Waals surface area contributed by atoms with Gasteiger partial charge in [0.25, 0.3) is 0 Å². The highest BCUT2D eigenvalue weighted by molar-refractivity contribution is 7.90. The first-order chi connectivity index (χ1) is 23.0. The number of carbonyl (C=O) groups is 1. The second-order valence-corrected chi connectivity index (χ2v) is 13.8. The van der Waals surface area contributed by atoms with Gasteiger partial charge in [-0.15, -0.1) is 0 Å². The zero-order valence-corrected chi connectivity index (χ0v) is 27.7. The summed E-state index contributed by atoms with van der Waals surface area (Å²) >= 11 is 0. The zero-order valence-electron chi connectivity index (χ0n) is 26.9. The Labute approximate surface area is 280 Å². The van der Waals surface area contributed by atoms with Gasteiger partial charge in [0.1, 0.15) is 28.7 Å². The van der Waals surface area contributed by atoms with E-state index in [4.69, 9.17) is 19.9 Å². The van der Waals surface area contributed by atoms with Crippen molar-refractivity contribution in [2.45, 2.75) is 49.6 Å². The molecule has 1 atom stereocenters. The Balaban J connectivity index is 1.33. The number of phenolic OH excluding ortho intramolecular Hbond substituents is 1. The van der Waals surface area contributed by atoms with Crippen LogP contribution in [0.15, 0.2) is 108 Å². The van der Waals surface area contributed by atoms with Gasteiger partial charge in [0.2, 0.25) is 0 Å². The van der Waals surface area contributed by atoms with E-state index in [9.17, 15) is 23.4 Å². The lowest BCUT2D eigenvalue weighted by molar-refractivity contribution is 0.0396. The van der Waals surface area contributed by atoms with Crippen LogP contribution in [-0.4, -0.2) is 43.2 Å². The first-order valence-corrected chi connectivity index (χ1v) is 17.6. The van der Waals surface area contributed by atoms with Crippen LogP contribution in [0.4, 0.5) is 0 Å². The number of carboxylic acids is 1. The molecule has 0 bridgehead atoms. The Morgan fingerprint density at radius 1 is 0.833 bits per heavy atom. The Kier molecular flexibility index (Phi) is 10.6. The number of unbranched alkanes of at least 4 members (excludes halogenated alkanes) is 2. The van der Waals surface area contributed by atoms with Gasteiger partial charge in [0.15, 0.2) is 15.6 Å². The summed E-state index contributed by atoms with van der Waals surface area (Å²) < 4.78 is 42.6. The van der Waals surface area contributed by atoms with Crippen LogP contribution >= 0.6 is 0 Å². The molecule has 0 amide bonds. The third-order valence-electron chi connectivity index (χ3n) is 8.00. The molecule has 0 aliphatic carbocycles. The number of aromatic hydroxyl groups is 1. The minimum atomic E-state index is -3.39. The van der Waals surface area contributed by atoms with E-state index in [0.29, 0.717) is 47.0 Å². The first kappa shape index (κ1) is 34.3. The summed E-state index contributed by atoms with van der Waals surface area (Å²) in [6.07, 6.45) is 4.95. The van der Waals surface area contributed by atoms with E-state index >= 15 is 0 Å². The molecule has 4 N–H and O–H groups in total. The van der Waals surface area contributed by atoms with Gasteiger partial charge in [-0.2, -0.15) is 0 Å². The van der Waals surface area contributed by atoms with Crippen LogP contribution in [-0.2, 0) is 9.84 Å². The second-order valence-electron chi connectivity index (χ2n) is 11.7. The van der Waals surface area contributed by atoms with Crippen LogP contribution in [0.1, 0.15) is 49.4 Å². The maximum Gasteiger partial charge on any atom is 0.335 e. The summed E-state index contributed by atoms with van der Waals surface area (Å²) in [6.45, 7) is 2.36. The lowest BCUT2D eigenvalue weighted by Crippen LogP contribution is -2.47. The number of sulfone groups is 1. The molecule has 0 saturated heterocycles. The largest absolute Gasteiger partial charge is 0.507 e. The third-order valence-corrected chi connectivity index (χ3v) is 9.12. The number of nitrogens with two attached hydrogens (primary N) is 1. The van der Waals surface area contributed by atoms with Crippen molar-refractivity contribution in [2.24, 2.45) is 5.73 Å². The van der Waals surface area contributed by atoms with Crippen LogP contribution in [0.5, 0.6) is 28.7 Å². The summed E-state index contributed by atoms with van der Waals surface area (Å²) in [6, 6.07) is 28.9. The number of carboxylic acid groups (broad SMARTS) is 1. The molecule has 0 radical (unpaired) electrons. The van der Waals surface area contributed by atoms with Gasteiger partial charge in [0, 0.05) is 24.5 Å². The van der Waals surface area contributed by atoms with E-state index in [1.807, 2.05) is 24.3 Å². The summed E-state index contributed by atoms with van der Waals surface area (Å²) in [7, 11) is -3.39. The molecule has 0 saturated carbocycles. The van der Waals surface area contributed by atoms with Gasteiger partial charge in [-0.1, -0.05) is 62.2 Å². The van der Waals surface area contributed by atoms with Gasteiger partial charge < -0.3 is 24.4 Å². The number of ether oxygens (including phenoxy) is 3. The van der Waals surface area contributed by atoms with Gasteiger partial charge in [-0.3, -0.25) is 5.73 Å². The van der Waals surface area contributed by atoms with Crippen LogP contribution in [0, 0.1) is 0 Å². The maximum absolute atomic E-state index is 12.0. The molecule has 5 aromatic carbocycles. The molecule has 48 heavy (non-hydrogen) atoms. The fourth-order valence-corrected chi connectivity index (χ4v) is 6.08. The molecule has 0 heterocycles. The average molecular weight is 670 g/mol. The molecular formula is C38H39NO8S. The average Bonchev–Trinajstić information content (AvgIpc) is 3.05. The number of aromatic carboxylic acids is 1. The van der Waals surface area contributed by atoms with Gasteiger partial charge >= 0.3 is 5.97 Å². The molecule has 5 rings (SSSR count). The number of phenols is 1. The predicted molar refractivity (Wildman–Crippen MR) is 186 cm³/mol. The smallest absolute Gasteiger partial charge is 0.335 e. The number of hydrogen-bond acceptors (Lipinski definition) is 8. The summed E-state index contributed by atoms with van der Waals surface area (Å²) in [5.41, 5.74) is 6.80. The molecule has 10 heteroatoms. The Morgan fingerprint density at radius 2 is 1.54 bits per heavy atom. The second kappa shape index (κ2) is 14.8. The number of benzene rings is 5. The van der Waals surface area contributed by atoms with Gasteiger partial charge in [-0.25, -0.2) is 13.2 Å². The van der Waals surface area contributed by atoms with Crippen LogP contribution in [0.25, 0.3) is 21.9 Å². The highest BCUT2D eigenvalue weighted by Gasteiger charge is 2.27. The lowest BCUT2D eigenvalue weighted by atomic mass is 9.98. The van der Waals surface area contributed by atoms with Crippen molar-refractivity contribution >= 4 is 26.6 Å². The molecule has 0 aliphatic rings. The summed E-state index contributed by atoms with van der Waals surface area (Å²) in [5, 5.41) is 22.0. The third kappa shape index (κ3) is 8.44. The quantitative estimate of drug-likeness (QED) is 0.0742. The van der Waals surface area contributed by atoms with E-state index in [1.54, 1.807) is 54.6 Å². The summed E-state index contributed by atoms with van der Waals surface area (Å²) in [4.78, 5) is 11.6. The van der Waals surface area contributed by atoms with Gasteiger partial charge in [-0.05, 0) is 78.0 Å². The molecule has 0 fully saturated rings. The van der Waals surface area contributed by atoms with Crippen molar-refractivity contribution in [2.75, 3.05) is 12.9 Å². The Hall–Kier alpha value is -5.06. The van der Waals surface area contributed by atoms with Crippen molar-refractivity contribution < 1.29 is 37.6 Å². The van der Waals surface area contributed by atoms with Crippen LogP contribution < -0.4 is 19.9 Å². The van der Waals surface area contributed by atoms with E-state index in [1.165, 1.54) is 24.3 Å². The van der Waals surface area contributed by atoms with Crippen LogP contribution in [0.2, 0.25) is 0 Å². The Bertz CT molecular complexity index is 1990. The first-order valence-electron chi connectivity index (χ1n) is 15.7. The predicted octanol–water partition coefficient (Wildman–Crippen LogP) is 8.19. The highest BCUT2D eigenvalue weighted by atomic mass is 32.2. The van der Waals surface area contributed by atoms with E-state index in [2.05, 4.69) is 6.92 Å². The minimum absolute atomic E-state index is 0.00290. The standard InChI is InChI=1S/C38H39NO8S/c1-3-4-7-21-38(39,47-31-11-8-10-28(24-31)37(41)42)22-23-45-29-15-17-30(18-16-29)46-36-33-12-6-5-9-27(33)25-34(40)35(36)26-13-19-32(20-14-26)48(2,43)44/h5-6,8-20,24-25,40H,3-4,7,21-23,39H2,1-2H3,(H,41,42). The number of hydrogen-bond donors (Lipinski definition) is 3. The van der Waals surface area contributed by atoms with Crippen molar-refractivity contribution in [3.05, 3.63) is 109 Å². The molecule has 0 aromatic heterocycles. The van der Waals surface area contributed by atoms with Crippen LogP contribution in [0.3, 0.4) is 0 Å². The summed E-state index contributed by atoms with van der Waals surface area (Å²) in [5.74, 6) is 0.861. The van der Waals surface area contributed by atoms with Crippen molar-refractivity contribution in [3.8, 4) is 39.9 Å². The van der Waals surface area contributed by atoms with E-state index in [-0.39, 0.29) is 22.8 Å². The van der Waals surface area contributed by atoms with E-state index < -0.39 is 21.5 Å². The molecular weight excluding hydrogens is 630 g/mol. The molecule has 5 aromatic rings. The minimum Gasteiger partial charge on any atom is -0.507 e. The molecule has 9 nitrogen and oxygen atoms in total. The number of fused-ring (bicyclic) bond motifs is 1. The molecule has 0 aliphatic heterocycles. The maximum atomic E-state index is 12.0. The topological polar surface area (TPSA) is 145 Å². The molecule has 250 valence electrons.